The van der Waals surface area contributed by atoms with E-state index < -0.39 is 21.7 Å². The van der Waals surface area contributed by atoms with Crippen molar-refractivity contribution in [1.82, 2.24) is 0 Å². The molecule has 9 nitrogen and oxygen atoms in total. The zero-order valence-corrected chi connectivity index (χ0v) is 26.6. The van der Waals surface area contributed by atoms with Crippen molar-refractivity contribution in [3.8, 4) is 17.2 Å². The maximum Gasteiger partial charge on any atom is 0.417 e. The van der Waals surface area contributed by atoms with Gasteiger partial charge in [0.05, 0.1) is 10.6 Å². The van der Waals surface area contributed by atoms with E-state index in [0.29, 0.717) is 45.3 Å². The number of benzene rings is 5. The Bertz CT molecular complexity index is 2040. The van der Waals surface area contributed by atoms with Crippen LogP contribution in [0.15, 0.2) is 120 Å². The first kappa shape index (κ1) is 29.2. The van der Waals surface area contributed by atoms with Gasteiger partial charge < -0.3 is 19.3 Å². The molecule has 0 saturated heterocycles. The summed E-state index contributed by atoms with van der Waals surface area (Å²) >= 11 is 0. The van der Waals surface area contributed by atoms with Crippen molar-refractivity contribution in [2.75, 3.05) is 47.6 Å². The standard InChI is InChI=1S/C36H32N4O5S/c1-38(2)25-17-19-29-32(22-25)45-33-23-26(39(3)4)18-20-30(33)36(29)31-15-8-9-16-34(31)46(42,43)40(36)27-12-10-11-24(21-27)37-35(41)44-28-13-6-5-7-14-28/h5-23H,1-4H3,(H,37,41). The molecule has 1 N–H and O–H groups in total. The molecule has 10 heteroatoms. The third-order valence-electron chi connectivity index (χ3n) is 8.34. The molecule has 0 bridgehead atoms. The van der Waals surface area contributed by atoms with Gasteiger partial charge in [-0.3, -0.25) is 5.32 Å². The molecular weight excluding hydrogens is 600 g/mol. The minimum absolute atomic E-state index is 0.198. The molecule has 2 aliphatic rings. The van der Waals surface area contributed by atoms with Gasteiger partial charge in [0.2, 0.25) is 0 Å². The van der Waals surface area contributed by atoms with Crippen molar-refractivity contribution in [3.05, 3.63) is 132 Å². The molecular formula is C36H32N4O5S. The summed E-state index contributed by atoms with van der Waals surface area (Å²) in [4.78, 5) is 17.0. The van der Waals surface area contributed by atoms with Crippen LogP contribution in [0.5, 0.6) is 17.2 Å². The van der Waals surface area contributed by atoms with E-state index in [0.717, 1.165) is 11.4 Å². The smallest absolute Gasteiger partial charge is 0.417 e. The van der Waals surface area contributed by atoms with Gasteiger partial charge in [-0.1, -0.05) is 54.6 Å². The molecule has 0 aromatic heterocycles. The summed E-state index contributed by atoms with van der Waals surface area (Å²) < 4.78 is 43.0. The van der Waals surface area contributed by atoms with E-state index in [1.165, 1.54) is 4.31 Å². The zero-order valence-electron chi connectivity index (χ0n) is 25.8. The molecule has 5 aromatic carbocycles. The van der Waals surface area contributed by atoms with Crippen LogP contribution in [-0.2, 0) is 15.6 Å². The Kier molecular flexibility index (Phi) is 6.90. The van der Waals surface area contributed by atoms with Crippen molar-refractivity contribution in [1.29, 1.82) is 0 Å². The topological polar surface area (TPSA) is 91.4 Å². The first-order valence-corrected chi connectivity index (χ1v) is 16.1. The van der Waals surface area contributed by atoms with Gasteiger partial charge in [-0.2, -0.15) is 0 Å². The third kappa shape index (κ3) is 4.52. The van der Waals surface area contributed by atoms with E-state index in [9.17, 15) is 13.2 Å². The Morgan fingerprint density at radius 2 is 1.33 bits per heavy atom. The fourth-order valence-electron chi connectivity index (χ4n) is 6.28. The van der Waals surface area contributed by atoms with Gasteiger partial charge in [0, 0.05) is 74.1 Å². The lowest BCUT2D eigenvalue weighted by molar-refractivity contribution is 0.215. The van der Waals surface area contributed by atoms with Crippen LogP contribution in [0.2, 0.25) is 0 Å². The number of ether oxygens (including phenoxy) is 2. The number of hydrogen-bond acceptors (Lipinski definition) is 7. The highest BCUT2D eigenvalue weighted by Crippen LogP contribution is 2.61. The number of nitrogens with zero attached hydrogens (tertiary/aromatic N) is 3. The summed E-state index contributed by atoms with van der Waals surface area (Å²) in [7, 11) is 3.66. The summed E-state index contributed by atoms with van der Waals surface area (Å²) in [6.45, 7) is 0. The Morgan fingerprint density at radius 3 is 1.96 bits per heavy atom. The molecule has 232 valence electrons. The Balaban J connectivity index is 1.46. The lowest BCUT2D eigenvalue weighted by atomic mass is 9.74. The van der Waals surface area contributed by atoms with Crippen LogP contribution in [0, 0.1) is 0 Å². The van der Waals surface area contributed by atoms with E-state index >= 15 is 0 Å². The summed E-state index contributed by atoms with van der Waals surface area (Å²) in [5.74, 6) is 1.48. The van der Waals surface area contributed by atoms with Gasteiger partial charge >= 0.3 is 6.09 Å². The van der Waals surface area contributed by atoms with E-state index in [-0.39, 0.29) is 4.90 Å². The van der Waals surface area contributed by atoms with Gasteiger partial charge in [-0.15, -0.1) is 0 Å². The Hall–Kier alpha value is -5.48. The largest absolute Gasteiger partial charge is 0.456 e. The predicted octanol–water partition coefficient (Wildman–Crippen LogP) is 7.04. The number of sulfonamides is 1. The molecule has 0 atom stereocenters. The van der Waals surface area contributed by atoms with Crippen LogP contribution >= 0.6 is 0 Å². The summed E-state index contributed by atoms with van der Waals surface area (Å²) in [6, 6.07) is 34.3. The molecule has 0 aliphatic carbocycles. The average Bonchev–Trinajstić information content (AvgIpc) is 3.25. The number of carbonyl (C=O) groups is 1. The van der Waals surface area contributed by atoms with Gasteiger partial charge in [-0.25, -0.2) is 17.5 Å². The normalized spacial score (nSPS) is 14.8. The van der Waals surface area contributed by atoms with Crippen molar-refractivity contribution in [2.24, 2.45) is 0 Å². The predicted molar refractivity (Wildman–Crippen MR) is 180 cm³/mol. The third-order valence-corrected chi connectivity index (χ3v) is 10.2. The van der Waals surface area contributed by atoms with Crippen molar-refractivity contribution < 1.29 is 22.7 Å². The van der Waals surface area contributed by atoms with Gasteiger partial charge in [0.15, 0.2) is 0 Å². The van der Waals surface area contributed by atoms with E-state index in [1.807, 2.05) is 92.6 Å². The van der Waals surface area contributed by atoms with E-state index in [1.54, 1.807) is 60.7 Å². The van der Waals surface area contributed by atoms with E-state index in [2.05, 4.69) is 5.32 Å². The number of hydrogen-bond donors (Lipinski definition) is 1. The lowest BCUT2D eigenvalue weighted by Crippen LogP contribution is -2.47. The van der Waals surface area contributed by atoms with Gasteiger partial charge in [0.25, 0.3) is 10.0 Å². The first-order chi connectivity index (χ1) is 22.1. The average molecular weight is 633 g/mol. The second-order valence-corrected chi connectivity index (χ2v) is 13.4. The second kappa shape index (κ2) is 10.8. The maximum atomic E-state index is 14.8. The molecule has 1 spiro atoms. The minimum atomic E-state index is -4.13. The molecule has 2 heterocycles. The van der Waals surface area contributed by atoms with Crippen LogP contribution in [0.4, 0.5) is 27.5 Å². The highest BCUT2D eigenvalue weighted by atomic mass is 32.2. The summed E-state index contributed by atoms with van der Waals surface area (Å²) in [5, 5.41) is 2.75. The highest BCUT2D eigenvalue weighted by molar-refractivity contribution is 7.93. The quantitative estimate of drug-likeness (QED) is 0.222. The van der Waals surface area contributed by atoms with Gasteiger partial charge in [0.1, 0.15) is 22.8 Å². The zero-order chi connectivity index (χ0) is 32.2. The number of nitrogens with one attached hydrogen (secondary N) is 1. The molecule has 2 aliphatic heterocycles. The number of fused-ring (bicyclic) bond motifs is 6. The number of rotatable bonds is 5. The van der Waals surface area contributed by atoms with Crippen LogP contribution < -0.4 is 28.9 Å². The van der Waals surface area contributed by atoms with Crippen LogP contribution in [0.1, 0.15) is 16.7 Å². The molecule has 0 unspecified atom stereocenters. The molecule has 46 heavy (non-hydrogen) atoms. The van der Waals surface area contributed by atoms with Crippen molar-refractivity contribution in [3.63, 3.8) is 0 Å². The number of amides is 1. The summed E-state index contributed by atoms with van der Waals surface area (Å²) in [5.41, 5.74) is 3.20. The molecule has 7 rings (SSSR count). The Labute approximate surface area is 268 Å². The van der Waals surface area contributed by atoms with Gasteiger partial charge in [-0.05, 0) is 48.5 Å². The number of anilines is 4. The maximum absolute atomic E-state index is 14.8. The molecule has 5 aromatic rings. The monoisotopic (exact) mass is 632 g/mol. The number of carbonyl (C=O) groups excluding carboxylic acids is 1. The number of para-hydroxylation sites is 1. The fraction of sp³-hybridized carbons (Fsp3) is 0.139. The fourth-order valence-corrected chi connectivity index (χ4v) is 8.27. The van der Waals surface area contributed by atoms with Crippen LogP contribution in [-0.4, -0.2) is 42.7 Å². The van der Waals surface area contributed by atoms with E-state index in [4.69, 9.17) is 9.47 Å². The van der Waals surface area contributed by atoms with Crippen LogP contribution in [0.25, 0.3) is 0 Å². The second-order valence-electron chi connectivity index (χ2n) is 11.6. The summed E-state index contributed by atoms with van der Waals surface area (Å²) in [6.07, 6.45) is -0.695. The first-order valence-electron chi connectivity index (χ1n) is 14.7. The van der Waals surface area contributed by atoms with Crippen LogP contribution in [0.3, 0.4) is 0 Å². The molecule has 0 radical (unpaired) electrons. The molecule has 0 fully saturated rings. The minimum Gasteiger partial charge on any atom is -0.456 e. The van der Waals surface area contributed by atoms with Crippen molar-refractivity contribution >= 4 is 38.9 Å². The molecule has 0 saturated carbocycles. The lowest BCUT2D eigenvalue weighted by Gasteiger charge is -2.44. The molecule has 1 amide bonds. The Morgan fingerprint density at radius 1 is 0.717 bits per heavy atom. The SMILES string of the molecule is CN(C)c1ccc2c(c1)Oc1cc(N(C)C)ccc1C21c2ccccc2S(=O)(=O)N1c1cccc(NC(=O)Oc2ccccc2)c1. The highest BCUT2D eigenvalue weighted by Gasteiger charge is 2.60. The van der Waals surface area contributed by atoms with Crippen molar-refractivity contribution in [2.45, 2.75) is 10.4 Å².